The lowest BCUT2D eigenvalue weighted by atomic mass is 9.90. The third-order valence-electron chi connectivity index (χ3n) is 5.89. The molecule has 2 aliphatic heterocycles. The van der Waals surface area contributed by atoms with Gasteiger partial charge in [0, 0.05) is 24.9 Å². The van der Waals surface area contributed by atoms with Gasteiger partial charge in [0.1, 0.15) is 0 Å². The van der Waals surface area contributed by atoms with E-state index < -0.39 is 0 Å². The quantitative estimate of drug-likeness (QED) is 0.564. The second-order valence-corrected chi connectivity index (χ2v) is 8.07. The monoisotopic (exact) mass is 388 g/mol. The fourth-order valence-corrected chi connectivity index (χ4v) is 4.87. The largest absolute Gasteiger partial charge is 0.344 e. The third-order valence-corrected chi connectivity index (χ3v) is 6.32. The van der Waals surface area contributed by atoms with Gasteiger partial charge in [0.05, 0.1) is 11.0 Å². The molecule has 0 amide bonds. The van der Waals surface area contributed by atoms with Crippen LogP contribution >= 0.6 is 12.2 Å². The Morgan fingerprint density at radius 3 is 2.64 bits per heavy atom. The number of benzene rings is 2. The lowest BCUT2D eigenvalue weighted by molar-refractivity contribution is 0.427. The van der Waals surface area contributed by atoms with Crippen LogP contribution in [0.5, 0.6) is 0 Å². The van der Waals surface area contributed by atoms with Gasteiger partial charge in [0.2, 0.25) is 0 Å². The van der Waals surface area contributed by atoms with Gasteiger partial charge < -0.3 is 9.80 Å². The maximum atomic E-state index is 5.61. The van der Waals surface area contributed by atoms with E-state index in [0.29, 0.717) is 0 Å². The molecule has 2 aliphatic rings. The van der Waals surface area contributed by atoms with Gasteiger partial charge in [-0.05, 0) is 60.2 Å². The maximum Gasteiger partial charge on any atom is 0.0833 e. The van der Waals surface area contributed by atoms with Gasteiger partial charge in [-0.15, -0.1) is 0 Å². The van der Waals surface area contributed by atoms with Gasteiger partial charge in [-0.1, -0.05) is 68.2 Å². The minimum Gasteiger partial charge on any atom is -0.344 e. The number of nitrogens with zero attached hydrogens (tertiary/aromatic N) is 2. The van der Waals surface area contributed by atoms with E-state index >= 15 is 0 Å². The Kier molecular flexibility index (Phi) is 5.36. The molecule has 0 saturated carbocycles. The molecule has 0 bridgehead atoms. The van der Waals surface area contributed by atoms with E-state index in [-0.39, 0.29) is 6.04 Å². The summed E-state index contributed by atoms with van der Waals surface area (Å²) in [5.41, 5.74) is 8.29. The molecule has 4 rings (SSSR count). The van der Waals surface area contributed by atoms with Crippen LogP contribution in [0.3, 0.4) is 0 Å². The SMILES string of the molecule is C=CN(/C=C\C)C(c1cccc(CC)c1)c1cc2c3c(c1)CCN3C(=S)CC2. The predicted molar refractivity (Wildman–Crippen MR) is 123 cm³/mol. The lowest BCUT2D eigenvalue weighted by Gasteiger charge is -2.32. The molecule has 0 spiro atoms. The normalized spacial score (nSPS) is 16.4. The molecular weight excluding hydrogens is 360 g/mol. The zero-order valence-electron chi connectivity index (χ0n) is 16.8. The van der Waals surface area contributed by atoms with Gasteiger partial charge in [0.15, 0.2) is 0 Å². The van der Waals surface area contributed by atoms with Crippen LogP contribution in [0.25, 0.3) is 0 Å². The van der Waals surface area contributed by atoms with Gasteiger partial charge in [0.25, 0.3) is 0 Å². The fraction of sp³-hybridized carbons (Fsp3) is 0.320. The third kappa shape index (κ3) is 3.29. The summed E-state index contributed by atoms with van der Waals surface area (Å²) in [6.07, 6.45) is 10.3. The molecule has 0 aromatic heterocycles. The Labute approximate surface area is 174 Å². The summed E-state index contributed by atoms with van der Waals surface area (Å²) >= 11 is 5.61. The highest BCUT2D eigenvalue weighted by atomic mass is 32.1. The second kappa shape index (κ2) is 7.92. The highest BCUT2D eigenvalue weighted by Gasteiger charge is 2.31. The summed E-state index contributed by atoms with van der Waals surface area (Å²) in [5, 5.41) is 0. The van der Waals surface area contributed by atoms with E-state index in [4.69, 9.17) is 12.2 Å². The Balaban J connectivity index is 1.86. The topological polar surface area (TPSA) is 6.48 Å². The van der Waals surface area contributed by atoms with Crippen LogP contribution < -0.4 is 4.90 Å². The van der Waals surface area contributed by atoms with Crippen molar-refractivity contribution in [2.45, 2.75) is 45.6 Å². The number of hydrogen-bond acceptors (Lipinski definition) is 2. The minimum atomic E-state index is 0.129. The first-order valence-corrected chi connectivity index (χ1v) is 10.6. The smallest absolute Gasteiger partial charge is 0.0833 e. The molecule has 28 heavy (non-hydrogen) atoms. The molecule has 0 N–H and O–H groups in total. The van der Waals surface area contributed by atoms with Crippen LogP contribution in [0, 0.1) is 0 Å². The number of allylic oxidation sites excluding steroid dienone is 1. The van der Waals surface area contributed by atoms with Crippen molar-refractivity contribution in [1.82, 2.24) is 4.90 Å². The molecule has 1 atom stereocenters. The summed E-state index contributed by atoms with van der Waals surface area (Å²) in [7, 11) is 0. The van der Waals surface area contributed by atoms with Crippen molar-refractivity contribution in [3.8, 4) is 0 Å². The van der Waals surface area contributed by atoms with E-state index in [1.807, 2.05) is 6.20 Å². The molecule has 0 saturated heterocycles. The highest BCUT2D eigenvalue weighted by molar-refractivity contribution is 7.80. The van der Waals surface area contributed by atoms with Gasteiger partial charge in [-0.25, -0.2) is 0 Å². The average molecular weight is 389 g/mol. The van der Waals surface area contributed by atoms with Gasteiger partial charge in [-0.3, -0.25) is 0 Å². The Bertz CT molecular complexity index is 944. The number of thiocarbonyl (C=S) groups is 1. The van der Waals surface area contributed by atoms with E-state index in [0.717, 1.165) is 37.2 Å². The number of rotatable bonds is 6. The summed E-state index contributed by atoms with van der Waals surface area (Å²) in [4.78, 5) is 5.69. The van der Waals surface area contributed by atoms with Crippen molar-refractivity contribution in [3.63, 3.8) is 0 Å². The lowest BCUT2D eigenvalue weighted by Crippen LogP contribution is -2.31. The molecule has 0 fully saturated rings. The predicted octanol–water partition coefficient (Wildman–Crippen LogP) is 5.95. The molecule has 3 heteroatoms. The molecule has 144 valence electrons. The van der Waals surface area contributed by atoms with Crippen LogP contribution in [0.4, 0.5) is 5.69 Å². The molecule has 1 unspecified atom stereocenters. The summed E-state index contributed by atoms with van der Waals surface area (Å²) in [6.45, 7) is 9.39. The second-order valence-electron chi connectivity index (χ2n) is 7.60. The Hall–Kier alpha value is -2.39. The van der Waals surface area contributed by atoms with Crippen molar-refractivity contribution in [3.05, 3.63) is 89.3 Å². The maximum absolute atomic E-state index is 5.61. The summed E-state index contributed by atoms with van der Waals surface area (Å²) < 4.78 is 0. The van der Waals surface area contributed by atoms with E-state index in [2.05, 4.69) is 78.9 Å². The standard InChI is InChI=1S/C25H28N2S/c1-4-13-26(6-3)24(19-9-7-8-18(5-2)15-19)22-16-20-10-11-23(28)27-14-12-21(17-22)25(20)27/h4,6-9,13,15-17,24H,3,5,10-12,14H2,1-2H3/b13-4-. The van der Waals surface area contributed by atoms with Crippen LogP contribution in [0.15, 0.2) is 61.5 Å². The first kappa shape index (κ1) is 18.9. The van der Waals surface area contributed by atoms with Crippen LogP contribution in [-0.2, 0) is 19.3 Å². The van der Waals surface area contributed by atoms with E-state index in [1.54, 1.807) is 0 Å². The molecular formula is C25H28N2S. The first-order valence-electron chi connectivity index (χ1n) is 10.2. The van der Waals surface area contributed by atoms with Crippen molar-refractivity contribution >= 4 is 22.9 Å². The zero-order chi connectivity index (χ0) is 19.7. The Morgan fingerprint density at radius 1 is 1.14 bits per heavy atom. The summed E-state index contributed by atoms with van der Waals surface area (Å²) in [5.74, 6) is 0. The van der Waals surface area contributed by atoms with Crippen LogP contribution in [0.1, 0.15) is 54.1 Å². The Morgan fingerprint density at radius 2 is 1.93 bits per heavy atom. The zero-order valence-corrected chi connectivity index (χ0v) is 17.6. The van der Waals surface area contributed by atoms with Gasteiger partial charge >= 0.3 is 0 Å². The van der Waals surface area contributed by atoms with E-state index in [9.17, 15) is 0 Å². The first-order chi connectivity index (χ1) is 13.7. The van der Waals surface area contributed by atoms with E-state index in [1.165, 1.54) is 33.5 Å². The van der Waals surface area contributed by atoms with Gasteiger partial charge in [-0.2, -0.15) is 0 Å². The molecule has 2 aromatic rings. The van der Waals surface area contributed by atoms with Crippen molar-refractivity contribution in [1.29, 1.82) is 0 Å². The molecule has 2 heterocycles. The summed E-state index contributed by atoms with van der Waals surface area (Å²) in [6, 6.07) is 13.9. The molecule has 0 radical (unpaired) electrons. The fourth-order valence-electron chi connectivity index (χ4n) is 4.59. The number of aryl methyl sites for hydroxylation is 2. The highest BCUT2D eigenvalue weighted by Crippen LogP contribution is 2.41. The number of anilines is 1. The van der Waals surface area contributed by atoms with Crippen LogP contribution in [-0.4, -0.2) is 16.4 Å². The number of hydrogen-bond donors (Lipinski definition) is 0. The van der Waals surface area contributed by atoms with Crippen molar-refractivity contribution in [2.75, 3.05) is 11.4 Å². The van der Waals surface area contributed by atoms with Crippen LogP contribution in [0.2, 0.25) is 0 Å². The molecule has 2 aromatic carbocycles. The minimum absolute atomic E-state index is 0.129. The average Bonchev–Trinajstić information content (AvgIpc) is 3.16. The molecule has 2 nitrogen and oxygen atoms in total. The van der Waals surface area contributed by atoms with Crippen molar-refractivity contribution in [2.24, 2.45) is 0 Å². The molecule has 0 aliphatic carbocycles. The van der Waals surface area contributed by atoms with Crippen molar-refractivity contribution < 1.29 is 0 Å².